The zero-order chi connectivity index (χ0) is 48.9. The molecule has 0 bridgehead atoms. The van der Waals surface area contributed by atoms with Gasteiger partial charge in [-0.05, 0) is 86.3 Å². The average Bonchev–Trinajstić information content (AvgIpc) is 4.00. The van der Waals surface area contributed by atoms with Gasteiger partial charge in [0.1, 0.15) is 5.82 Å². The number of rotatable bonds is 11. The van der Waals surface area contributed by atoms with Crippen molar-refractivity contribution in [2.75, 3.05) is 9.80 Å². The number of para-hydroxylation sites is 1. The first-order chi connectivity index (χ1) is 34.3. The van der Waals surface area contributed by atoms with Crippen LogP contribution >= 0.6 is 0 Å². The van der Waals surface area contributed by atoms with Crippen LogP contribution < -0.4 is 14.5 Å². The van der Waals surface area contributed by atoms with E-state index in [0.29, 0.717) is 11.5 Å². The summed E-state index contributed by atoms with van der Waals surface area (Å²) in [4.78, 5) is 9.55. The van der Waals surface area contributed by atoms with Gasteiger partial charge in [0.2, 0.25) is 0 Å². The molecular weight excluding hydrogens is 1060 g/mol. The van der Waals surface area contributed by atoms with Crippen molar-refractivity contribution in [2.24, 2.45) is 0 Å². The van der Waals surface area contributed by atoms with Gasteiger partial charge < -0.3 is 19.1 Å². The molecule has 1 aliphatic heterocycles. The molecule has 5 nitrogen and oxygen atoms in total. The molecule has 6 heteroatoms. The number of pyridine rings is 1. The van der Waals surface area contributed by atoms with Crippen LogP contribution in [0.3, 0.4) is 0 Å². The van der Waals surface area contributed by atoms with Gasteiger partial charge in [0.05, 0.1) is 0 Å². The van der Waals surface area contributed by atoms with Gasteiger partial charge in [-0.2, -0.15) is 6.07 Å². The van der Waals surface area contributed by atoms with E-state index >= 15 is 0 Å². The molecule has 0 unspecified atom stereocenters. The fourth-order valence-corrected chi connectivity index (χ4v) is 9.96. The number of allylic oxidation sites excluding steroid dienone is 1. The van der Waals surface area contributed by atoms with Crippen LogP contribution in [0.2, 0.25) is 0 Å². The molecule has 0 saturated carbocycles. The second-order valence-corrected chi connectivity index (χ2v) is 20.7. The van der Waals surface area contributed by atoms with Gasteiger partial charge >= 0.3 is 0 Å². The number of hydrogen-bond acceptors (Lipinski definition) is 4. The Labute approximate surface area is 439 Å². The van der Waals surface area contributed by atoms with Crippen molar-refractivity contribution in [1.29, 1.82) is 0 Å². The van der Waals surface area contributed by atoms with E-state index in [2.05, 4.69) is 282 Å². The Morgan fingerprint density at radius 3 is 1.74 bits per heavy atom. The summed E-state index contributed by atoms with van der Waals surface area (Å²) < 4.78 is 9.16. The smallest absolute Gasteiger partial charge is 0.135 e. The van der Waals surface area contributed by atoms with Crippen molar-refractivity contribution in [3.63, 3.8) is 0 Å². The van der Waals surface area contributed by atoms with Crippen LogP contribution in [-0.4, -0.2) is 9.55 Å². The maximum atomic E-state index is 6.94. The standard InChI is InChI=1S/C66H57N4O.Pt/c1-64(2,3)53-36-48(46-22-12-8-13-23-46)38-55(40-53)69-45-68(44-62(69)66(6,7)51-28-18-11-19-29-51)54-37-49(47-24-14-9-15-25-47)39-57(42-54)71-56-32-33-59-58-30-20-21-31-60(58)70(61(59)43-56)63-41-52(34-35-67-63)65(4,5)50-26-16-10-17-27-50;/h8-41,44-45H,1-7H3;/q-3;. The summed E-state index contributed by atoms with van der Waals surface area (Å²) in [7, 11) is 0. The molecule has 3 heterocycles. The van der Waals surface area contributed by atoms with Crippen LogP contribution in [0.15, 0.2) is 218 Å². The normalized spacial score (nSPS) is 13.1. The Bertz CT molecular complexity index is 3580. The van der Waals surface area contributed by atoms with E-state index < -0.39 is 0 Å². The second-order valence-electron chi connectivity index (χ2n) is 20.7. The molecule has 0 aliphatic carbocycles. The average molecular weight is 1120 g/mol. The van der Waals surface area contributed by atoms with E-state index in [-0.39, 0.29) is 37.3 Å². The molecule has 360 valence electrons. The number of ether oxygens (including phenoxy) is 1. The van der Waals surface area contributed by atoms with Gasteiger partial charge in [0.25, 0.3) is 0 Å². The van der Waals surface area contributed by atoms with E-state index in [1.807, 2.05) is 12.3 Å². The van der Waals surface area contributed by atoms with Crippen LogP contribution in [0.25, 0.3) is 49.9 Å². The van der Waals surface area contributed by atoms with Crippen LogP contribution in [0, 0.1) is 18.8 Å². The number of benzene rings is 8. The molecule has 0 saturated heterocycles. The van der Waals surface area contributed by atoms with Crippen molar-refractivity contribution in [1.82, 2.24) is 9.55 Å². The molecule has 2 aromatic heterocycles. The first-order valence-corrected chi connectivity index (χ1v) is 24.5. The molecular formula is C66H57N4OPt-3. The van der Waals surface area contributed by atoms with Crippen molar-refractivity contribution < 1.29 is 25.8 Å². The number of fused-ring (bicyclic) bond motifs is 3. The van der Waals surface area contributed by atoms with Gasteiger partial charge in [-0.1, -0.05) is 200 Å². The Hall–Kier alpha value is -7.46. The molecule has 0 spiro atoms. The quantitative estimate of drug-likeness (QED) is 0.121. The third-order valence-electron chi connectivity index (χ3n) is 14.2. The summed E-state index contributed by atoms with van der Waals surface area (Å²) >= 11 is 0. The predicted octanol–water partition coefficient (Wildman–Crippen LogP) is 16.8. The first-order valence-electron chi connectivity index (χ1n) is 24.5. The van der Waals surface area contributed by atoms with E-state index in [4.69, 9.17) is 9.72 Å². The predicted molar refractivity (Wildman–Crippen MR) is 294 cm³/mol. The second kappa shape index (κ2) is 19.3. The number of anilines is 2. The Kier molecular flexibility index (Phi) is 12.9. The SMILES string of the molecule is CC(C)(C)c1cc(-c2ccccc2)cc(N2[CH-]N(c3[c-]c(Oc4[c-]c5c(cc4)c4ccccc4n5-c4cc(C(C)(C)c5ccccc5)ccn4)cc(-c4ccccc4)c3)C=C2C(C)(C)c2ccccc2)c1.[Pt]. The molecule has 11 rings (SSSR count). The Morgan fingerprint density at radius 2 is 1.08 bits per heavy atom. The third-order valence-corrected chi connectivity index (χ3v) is 14.2. The molecule has 8 aromatic carbocycles. The summed E-state index contributed by atoms with van der Waals surface area (Å²) in [5, 5.41) is 2.19. The van der Waals surface area contributed by atoms with Gasteiger partial charge in [-0.3, -0.25) is 0 Å². The third kappa shape index (κ3) is 9.19. The summed E-state index contributed by atoms with van der Waals surface area (Å²) in [6.07, 6.45) is 4.18. The van der Waals surface area contributed by atoms with Gasteiger partial charge in [-0.15, -0.1) is 53.6 Å². The Balaban J connectivity index is 0.00000596. The zero-order valence-electron chi connectivity index (χ0n) is 41.8. The van der Waals surface area contributed by atoms with E-state index in [0.717, 1.165) is 55.8 Å². The number of aromatic nitrogens is 2. The maximum absolute atomic E-state index is 6.94. The summed E-state index contributed by atoms with van der Waals surface area (Å²) in [6, 6.07) is 78.3. The van der Waals surface area contributed by atoms with Gasteiger partial charge in [0.15, 0.2) is 0 Å². The molecule has 0 fully saturated rings. The molecule has 0 N–H and O–H groups in total. The fourth-order valence-electron chi connectivity index (χ4n) is 9.96. The van der Waals surface area contributed by atoms with Crippen LogP contribution in [0.5, 0.6) is 11.5 Å². The minimum atomic E-state index is -0.387. The van der Waals surface area contributed by atoms with Gasteiger partial charge in [0, 0.05) is 66.5 Å². The summed E-state index contributed by atoms with van der Waals surface area (Å²) in [5.41, 5.74) is 13.6. The molecule has 0 atom stereocenters. The summed E-state index contributed by atoms with van der Waals surface area (Å²) in [5.74, 6) is 1.98. The molecule has 10 aromatic rings. The fraction of sp³-hybridized carbons (Fsp3) is 0.152. The summed E-state index contributed by atoms with van der Waals surface area (Å²) in [6.45, 7) is 18.2. The van der Waals surface area contributed by atoms with Crippen LogP contribution in [-0.2, 0) is 37.3 Å². The van der Waals surface area contributed by atoms with Gasteiger partial charge in [-0.25, -0.2) is 4.98 Å². The number of hydrogen-bond donors (Lipinski definition) is 0. The van der Waals surface area contributed by atoms with Crippen molar-refractivity contribution in [3.05, 3.63) is 259 Å². The van der Waals surface area contributed by atoms with Crippen LogP contribution in [0.4, 0.5) is 11.4 Å². The van der Waals surface area contributed by atoms with Crippen molar-refractivity contribution >= 4 is 33.2 Å². The monoisotopic (exact) mass is 1120 g/mol. The van der Waals surface area contributed by atoms with Crippen molar-refractivity contribution in [2.45, 2.75) is 64.7 Å². The largest absolute Gasteiger partial charge is 0.509 e. The molecule has 0 radical (unpaired) electrons. The topological polar surface area (TPSA) is 33.5 Å². The van der Waals surface area contributed by atoms with E-state index in [1.165, 1.54) is 33.4 Å². The minimum Gasteiger partial charge on any atom is -0.509 e. The van der Waals surface area contributed by atoms with Crippen LogP contribution in [0.1, 0.15) is 70.7 Å². The van der Waals surface area contributed by atoms with E-state index in [1.54, 1.807) is 0 Å². The Morgan fingerprint density at radius 1 is 0.486 bits per heavy atom. The zero-order valence-corrected chi connectivity index (χ0v) is 44.1. The van der Waals surface area contributed by atoms with Crippen molar-refractivity contribution in [3.8, 4) is 39.6 Å². The molecule has 1 aliphatic rings. The molecule has 0 amide bonds. The first kappa shape index (κ1) is 48.2. The van der Waals surface area contributed by atoms with E-state index in [9.17, 15) is 0 Å². The maximum Gasteiger partial charge on any atom is 0.135 e. The molecule has 72 heavy (non-hydrogen) atoms. The minimum absolute atomic E-state index is 0. The number of nitrogens with zero attached hydrogens (tertiary/aromatic N) is 4.